The molecule has 0 radical (unpaired) electrons. The van der Waals surface area contributed by atoms with Crippen molar-refractivity contribution in [3.8, 4) is 5.75 Å². The van der Waals surface area contributed by atoms with Crippen LogP contribution in [-0.4, -0.2) is 41.1 Å². The van der Waals surface area contributed by atoms with Crippen molar-refractivity contribution in [2.75, 3.05) is 23.9 Å². The van der Waals surface area contributed by atoms with E-state index < -0.39 is 17.1 Å². The average Bonchev–Trinajstić information content (AvgIpc) is 3.01. The molecule has 2 aromatic rings. The number of rotatable bonds is 7. The van der Waals surface area contributed by atoms with Gasteiger partial charge in [0, 0.05) is 6.42 Å². The fourth-order valence-corrected chi connectivity index (χ4v) is 4.48. The number of ether oxygens (including phenoxy) is 2. The van der Waals surface area contributed by atoms with Crippen LogP contribution in [0.25, 0.3) is 0 Å². The number of thioether (sulfide) groups is 1. The van der Waals surface area contributed by atoms with Gasteiger partial charge in [-0.2, -0.15) is 0 Å². The van der Waals surface area contributed by atoms with Crippen LogP contribution in [0.5, 0.6) is 5.75 Å². The van der Waals surface area contributed by atoms with E-state index in [4.69, 9.17) is 21.7 Å². The molecule has 1 aliphatic rings. The van der Waals surface area contributed by atoms with E-state index in [2.05, 4.69) is 5.32 Å². The van der Waals surface area contributed by atoms with Crippen LogP contribution in [0.1, 0.15) is 23.7 Å². The fourth-order valence-electron chi connectivity index (χ4n) is 2.97. The van der Waals surface area contributed by atoms with Gasteiger partial charge in [-0.05, 0) is 31.2 Å². The third-order valence-corrected chi connectivity index (χ3v) is 5.82. The number of nitrogens with zero attached hydrogens (tertiary/aromatic N) is 1. The first kappa shape index (κ1) is 21.8. The topological polar surface area (TPSA) is 84.9 Å². The number of benzene rings is 2. The molecule has 0 bridgehead atoms. The number of thiocarbonyl (C=S) groups is 1. The number of carbonyl (C=O) groups excluding carboxylic acids is 3. The minimum Gasteiger partial charge on any atom is -0.495 e. The lowest BCUT2D eigenvalue weighted by molar-refractivity contribution is -0.121. The molecule has 3 rings (SSSR count). The molecule has 1 N–H and O–H groups in total. The lowest BCUT2D eigenvalue weighted by atomic mass is 10.1. The molecule has 1 aliphatic heterocycles. The zero-order valence-electron chi connectivity index (χ0n) is 16.4. The van der Waals surface area contributed by atoms with Crippen molar-refractivity contribution in [3.63, 3.8) is 0 Å². The molecule has 156 valence electrons. The molecule has 0 saturated carbocycles. The summed E-state index contributed by atoms with van der Waals surface area (Å²) >= 11 is 6.52. The molecule has 2 aromatic carbocycles. The summed E-state index contributed by atoms with van der Waals surface area (Å²) < 4.78 is 10.7. The summed E-state index contributed by atoms with van der Waals surface area (Å²) in [7, 11) is 1.52. The first-order valence-corrected chi connectivity index (χ1v) is 10.5. The summed E-state index contributed by atoms with van der Waals surface area (Å²) in [6, 6.07) is 13.6. The normalized spacial score (nSPS) is 15.8. The summed E-state index contributed by atoms with van der Waals surface area (Å²) in [5.41, 5.74) is 1.13. The number of amides is 2. The van der Waals surface area contributed by atoms with Crippen LogP contribution in [0.4, 0.5) is 11.4 Å². The van der Waals surface area contributed by atoms with Gasteiger partial charge in [0.05, 0.1) is 30.7 Å². The summed E-state index contributed by atoms with van der Waals surface area (Å²) in [5.74, 6) is -0.698. The molecule has 7 nitrogen and oxygen atoms in total. The Morgan fingerprint density at radius 2 is 1.87 bits per heavy atom. The molecule has 1 saturated heterocycles. The van der Waals surface area contributed by atoms with Gasteiger partial charge < -0.3 is 14.8 Å². The SMILES string of the molecule is CCOC(=O)c1ccccc1NC(=O)CC1SC(=S)N(c2ccccc2OC)C1=O. The number of carbonyl (C=O) groups is 3. The summed E-state index contributed by atoms with van der Waals surface area (Å²) in [6.07, 6.45) is -0.0908. The highest BCUT2D eigenvalue weighted by Crippen LogP contribution is 2.38. The van der Waals surface area contributed by atoms with Crippen molar-refractivity contribution in [1.82, 2.24) is 0 Å². The van der Waals surface area contributed by atoms with Crippen LogP contribution in [-0.2, 0) is 14.3 Å². The van der Waals surface area contributed by atoms with Crippen molar-refractivity contribution in [2.45, 2.75) is 18.6 Å². The maximum absolute atomic E-state index is 12.9. The van der Waals surface area contributed by atoms with Crippen LogP contribution < -0.4 is 15.0 Å². The Labute approximate surface area is 183 Å². The van der Waals surface area contributed by atoms with E-state index >= 15 is 0 Å². The lowest BCUT2D eigenvalue weighted by Crippen LogP contribution is -2.33. The molecule has 1 atom stereocenters. The van der Waals surface area contributed by atoms with E-state index in [1.165, 1.54) is 12.0 Å². The highest BCUT2D eigenvalue weighted by atomic mass is 32.2. The third-order valence-electron chi connectivity index (χ3n) is 4.31. The van der Waals surface area contributed by atoms with Crippen molar-refractivity contribution >= 4 is 57.5 Å². The van der Waals surface area contributed by atoms with Crippen LogP contribution in [0.2, 0.25) is 0 Å². The third kappa shape index (κ3) is 4.63. The van der Waals surface area contributed by atoms with Gasteiger partial charge >= 0.3 is 5.97 Å². The Kier molecular flexibility index (Phi) is 7.07. The number of nitrogens with one attached hydrogen (secondary N) is 1. The summed E-state index contributed by atoms with van der Waals surface area (Å²) in [4.78, 5) is 39.0. The smallest absolute Gasteiger partial charge is 0.340 e. The van der Waals surface area contributed by atoms with Crippen molar-refractivity contribution in [3.05, 3.63) is 54.1 Å². The number of esters is 1. The molecule has 0 spiro atoms. The molecule has 2 amide bonds. The van der Waals surface area contributed by atoms with E-state index in [0.717, 1.165) is 11.8 Å². The number of para-hydroxylation sites is 3. The maximum atomic E-state index is 12.9. The van der Waals surface area contributed by atoms with Gasteiger partial charge in [0.1, 0.15) is 15.3 Å². The largest absolute Gasteiger partial charge is 0.495 e. The second kappa shape index (κ2) is 9.73. The van der Waals surface area contributed by atoms with Crippen LogP contribution in [0, 0.1) is 0 Å². The molecular formula is C21H20N2O5S2. The van der Waals surface area contributed by atoms with Crippen molar-refractivity contribution < 1.29 is 23.9 Å². The summed E-state index contributed by atoms with van der Waals surface area (Å²) in [6.45, 7) is 1.93. The van der Waals surface area contributed by atoms with Gasteiger partial charge in [0.15, 0.2) is 0 Å². The maximum Gasteiger partial charge on any atom is 0.340 e. The Hall–Kier alpha value is -2.91. The highest BCUT2D eigenvalue weighted by molar-refractivity contribution is 8.25. The monoisotopic (exact) mass is 444 g/mol. The van der Waals surface area contributed by atoms with E-state index in [9.17, 15) is 14.4 Å². The predicted octanol–water partition coefficient (Wildman–Crippen LogP) is 3.63. The Morgan fingerprint density at radius 3 is 2.60 bits per heavy atom. The quantitative estimate of drug-likeness (QED) is 0.516. The molecule has 1 heterocycles. The second-order valence-corrected chi connectivity index (χ2v) is 8.07. The van der Waals surface area contributed by atoms with E-state index in [1.807, 2.05) is 0 Å². The predicted molar refractivity (Wildman–Crippen MR) is 120 cm³/mol. The Morgan fingerprint density at radius 1 is 1.17 bits per heavy atom. The van der Waals surface area contributed by atoms with E-state index in [1.54, 1.807) is 55.5 Å². The Bertz CT molecular complexity index is 995. The standard InChI is InChI=1S/C21H20N2O5S2/c1-3-28-20(26)13-8-4-5-9-14(13)22-18(24)12-17-19(25)23(21(29)30-17)15-10-6-7-11-16(15)27-2/h4-11,17H,3,12H2,1-2H3,(H,22,24). The van der Waals surface area contributed by atoms with E-state index in [0.29, 0.717) is 21.4 Å². The molecule has 1 unspecified atom stereocenters. The van der Waals surface area contributed by atoms with Crippen LogP contribution >= 0.6 is 24.0 Å². The first-order chi connectivity index (χ1) is 14.5. The van der Waals surface area contributed by atoms with Gasteiger partial charge in [0.25, 0.3) is 0 Å². The van der Waals surface area contributed by atoms with Crippen molar-refractivity contribution in [1.29, 1.82) is 0 Å². The molecule has 30 heavy (non-hydrogen) atoms. The number of anilines is 2. The van der Waals surface area contributed by atoms with Gasteiger partial charge in [-0.3, -0.25) is 14.5 Å². The molecule has 0 aliphatic carbocycles. The van der Waals surface area contributed by atoms with Gasteiger partial charge in [-0.1, -0.05) is 48.2 Å². The molecule has 0 aromatic heterocycles. The average molecular weight is 445 g/mol. The van der Waals surface area contributed by atoms with Crippen LogP contribution in [0.3, 0.4) is 0 Å². The number of hydrogen-bond acceptors (Lipinski definition) is 7. The van der Waals surface area contributed by atoms with Gasteiger partial charge in [-0.25, -0.2) is 4.79 Å². The molecular weight excluding hydrogens is 424 g/mol. The zero-order chi connectivity index (χ0) is 21.7. The minimum absolute atomic E-state index is 0.0908. The van der Waals surface area contributed by atoms with Crippen molar-refractivity contribution in [2.24, 2.45) is 0 Å². The Balaban J connectivity index is 1.72. The summed E-state index contributed by atoms with van der Waals surface area (Å²) in [5, 5.41) is 2.03. The fraction of sp³-hybridized carbons (Fsp3) is 0.238. The zero-order valence-corrected chi connectivity index (χ0v) is 18.0. The molecule has 9 heteroatoms. The first-order valence-electron chi connectivity index (χ1n) is 9.19. The van der Waals surface area contributed by atoms with Gasteiger partial charge in [0.2, 0.25) is 11.8 Å². The van der Waals surface area contributed by atoms with E-state index in [-0.39, 0.29) is 24.5 Å². The lowest BCUT2D eigenvalue weighted by Gasteiger charge is -2.18. The molecule has 1 fully saturated rings. The number of methoxy groups -OCH3 is 1. The van der Waals surface area contributed by atoms with Gasteiger partial charge in [-0.15, -0.1) is 0 Å². The number of hydrogen-bond donors (Lipinski definition) is 1. The minimum atomic E-state index is -0.669. The second-order valence-electron chi connectivity index (χ2n) is 6.24. The highest BCUT2D eigenvalue weighted by Gasteiger charge is 2.40. The van der Waals surface area contributed by atoms with Crippen LogP contribution in [0.15, 0.2) is 48.5 Å².